The summed E-state index contributed by atoms with van der Waals surface area (Å²) in [6.07, 6.45) is 2.17. The number of ether oxygens (including phenoxy) is 1. The Balaban J connectivity index is 1.92. The van der Waals surface area contributed by atoms with E-state index in [2.05, 4.69) is 4.90 Å². The van der Waals surface area contributed by atoms with Crippen LogP contribution in [0.25, 0.3) is 0 Å². The zero-order valence-electron chi connectivity index (χ0n) is 10.5. The Morgan fingerprint density at radius 2 is 2.12 bits per heavy atom. The summed E-state index contributed by atoms with van der Waals surface area (Å²) in [5.41, 5.74) is 1.13. The Hall–Kier alpha value is -1.35. The van der Waals surface area contributed by atoms with Crippen LogP contribution in [0.1, 0.15) is 18.4 Å². The van der Waals surface area contributed by atoms with Crippen molar-refractivity contribution in [3.05, 3.63) is 29.8 Å². The standard InChI is InChI=1S/C14H19NO2/c1-15(10-13(16)11-7-8-11)9-12-5-3-4-6-14(12)17-2/h3-6,11H,7-10H2,1-2H3. The number of methoxy groups -OCH3 is 1. The maximum Gasteiger partial charge on any atom is 0.149 e. The lowest BCUT2D eigenvalue weighted by molar-refractivity contribution is -0.121. The molecule has 3 heteroatoms. The van der Waals surface area contributed by atoms with Crippen molar-refractivity contribution in [2.45, 2.75) is 19.4 Å². The molecule has 0 aliphatic heterocycles. The van der Waals surface area contributed by atoms with Gasteiger partial charge in [-0.2, -0.15) is 0 Å². The van der Waals surface area contributed by atoms with Gasteiger partial charge in [0.25, 0.3) is 0 Å². The second-order valence-electron chi connectivity index (χ2n) is 4.72. The van der Waals surface area contributed by atoms with Crippen LogP contribution in [0, 0.1) is 5.92 Å². The molecule has 0 radical (unpaired) electrons. The first-order valence-electron chi connectivity index (χ1n) is 6.04. The van der Waals surface area contributed by atoms with Crippen LogP contribution in [0.4, 0.5) is 0 Å². The van der Waals surface area contributed by atoms with Gasteiger partial charge in [0.1, 0.15) is 11.5 Å². The molecule has 0 N–H and O–H groups in total. The highest BCUT2D eigenvalue weighted by Gasteiger charge is 2.29. The average molecular weight is 233 g/mol. The van der Waals surface area contributed by atoms with E-state index in [1.54, 1.807) is 7.11 Å². The summed E-state index contributed by atoms with van der Waals surface area (Å²) in [5, 5.41) is 0. The van der Waals surface area contributed by atoms with E-state index in [1.807, 2.05) is 31.3 Å². The van der Waals surface area contributed by atoms with E-state index in [0.717, 1.165) is 30.7 Å². The Morgan fingerprint density at radius 1 is 1.41 bits per heavy atom. The number of hydrogen-bond acceptors (Lipinski definition) is 3. The van der Waals surface area contributed by atoms with Crippen LogP contribution in [0.3, 0.4) is 0 Å². The maximum atomic E-state index is 11.7. The number of para-hydroxylation sites is 1. The summed E-state index contributed by atoms with van der Waals surface area (Å²) in [4.78, 5) is 13.7. The lowest BCUT2D eigenvalue weighted by Gasteiger charge is -2.17. The van der Waals surface area contributed by atoms with Crippen molar-refractivity contribution in [3.8, 4) is 5.75 Å². The van der Waals surface area contributed by atoms with Crippen molar-refractivity contribution in [1.82, 2.24) is 4.90 Å². The van der Waals surface area contributed by atoms with Crippen LogP contribution in [0.5, 0.6) is 5.75 Å². The maximum absolute atomic E-state index is 11.7. The van der Waals surface area contributed by atoms with Gasteiger partial charge in [-0.1, -0.05) is 18.2 Å². The topological polar surface area (TPSA) is 29.5 Å². The molecule has 1 aromatic rings. The number of carbonyl (C=O) groups is 1. The van der Waals surface area contributed by atoms with E-state index in [1.165, 1.54) is 0 Å². The molecule has 1 aromatic carbocycles. The Morgan fingerprint density at radius 3 is 2.76 bits per heavy atom. The van der Waals surface area contributed by atoms with Gasteiger partial charge in [-0.3, -0.25) is 9.69 Å². The second-order valence-corrected chi connectivity index (χ2v) is 4.72. The van der Waals surface area contributed by atoms with Crippen molar-refractivity contribution in [2.75, 3.05) is 20.7 Å². The van der Waals surface area contributed by atoms with E-state index >= 15 is 0 Å². The molecule has 1 fully saturated rings. The SMILES string of the molecule is COc1ccccc1CN(C)CC(=O)C1CC1. The number of benzene rings is 1. The number of hydrogen-bond donors (Lipinski definition) is 0. The molecule has 17 heavy (non-hydrogen) atoms. The summed E-state index contributed by atoms with van der Waals surface area (Å²) in [6.45, 7) is 1.30. The van der Waals surface area contributed by atoms with Crippen molar-refractivity contribution in [3.63, 3.8) is 0 Å². The highest BCUT2D eigenvalue weighted by Crippen LogP contribution is 2.30. The number of rotatable bonds is 6. The molecule has 3 nitrogen and oxygen atoms in total. The predicted molar refractivity (Wildman–Crippen MR) is 67.1 cm³/mol. The molecule has 0 unspecified atom stereocenters. The van der Waals surface area contributed by atoms with Crippen molar-refractivity contribution in [1.29, 1.82) is 0 Å². The van der Waals surface area contributed by atoms with Crippen LogP contribution in [-0.4, -0.2) is 31.4 Å². The fourth-order valence-electron chi connectivity index (χ4n) is 1.98. The van der Waals surface area contributed by atoms with Crippen LogP contribution < -0.4 is 4.74 Å². The van der Waals surface area contributed by atoms with Gasteiger partial charge in [-0.25, -0.2) is 0 Å². The number of Topliss-reactive ketones (excluding diaryl/α,β-unsaturated/α-hetero) is 1. The molecule has 1 aliphatic rings. The minimum absolute atomic E-state index is 0.343. The van der Waals surface area contributed by atoms with E-state index in [9.17, 15) is 4.79 Å². The fraction of sp³-hybridized carbons (Fsp3) is 0.500. The second kappa shape index (κ2) is 5.32. The molecule has 0 aromatic heterocycles. The molecule has 0 heterocycles. The molecular weight excluding hydrogens is 214 g/mol. The van der Waals surface area contributed by atoms with E-state index < -0.39 is 0 Å². The van der Waals surface area contributed by atoms with Crippen LogP contribution in [0.2, 0.25) is 0 Å². The van der Waals surface area contributed by atoms with E-state index in [0.29, 0.717) is 18.2 Å². The van der Waals surface area contributed by atoms with Crippen molar-refractivity contribution >= 4 is 5.78 Å². The number of likely N-dealkylation sites (N-methyl/N-ethyl adjacent to an activating group) is 1. The van der Waals surface area contributed by atoms with Gasteiger partial charge in [0.05, 0.1) is 13.7 Å². The highest BCUT2D eigenvalue weighted by molar-refractivity contribution is 5.84. The third kappa shape index (κ3) is 3.30. The summed E-state index contributed by atoms with van der Waals surface area (Å²) < 4.78 is 5.30. The first kappa shape index (κ1) is 12.1. The summed E-state index contributed by atoms with van der Waals surface area (Å²) in [5.74, 6) is 1.61. The van der Waals surface area contributed by atoms with Crippen LogP contribution in [0.15, 0.2) is 24.3 Å². The minimum Gasteiger partial charge on any atom is -0.496 e. The zero-order valence-corrected chi connectivity index (χ0v) is 10.5. The monoisotopic (exact) mass is 233 g/mol. The van der Waals surface area contributed by atoms with Gasteiger partial charge in [0, 0.05) is 18.0 Å². The normalized spacial score (nSPS) is 15.0. The Kier molecular flexibility index (Phi) is 3.79. The summed E-state index contributed by atoms with van der Waals surface area (Å²) in [7, 11) is 3.65. The van der Waals surface area contributed by atoms with Gasteiger partial charge >= 0.3 is 0 Å². The quantitative estimate of drug-likeness (QED) is 0.753. The van der Waals surface area contributed by atoms with Gasteiger partial charge in [-0.15, -0.1) is 0 Å². The molecule has 2 rings (SSSR count). The van der Waals surface area contributed by atoms with Gasteiger partial charge < -0.3 is 4.74 Å². The molecule has 92 valence electrons. The van der Waals surface area contributed by atoms with Crippen molar-refractivity contribution < 1.29 is 9.53 Å². The molecule has 0 spiro atoms. The third-order valence-electron chi connectivity index (χ3n) is 3.09. The molecule has 1 aliphatic carbocycles. The van der Waals surface area contributed by atoms with Gasteiger partial charge in [0.2, 0.25) is 0 Å². The molecule has 0 atom stereocenters. The number of carbonyl (C=O) groups excluding carboxylic acids is 1. The highest BCUT2D eigenvalue weighted by atomic mass is 16.5. The van der Waals surface area contributed by atoms with E-state index in [4.69, 9.17) is 4.74 Å². The predicted octanol–water partition coefficient (Wildman–Crippen LogP) is 2.11. The molecule has 1 saturated carbocycles. The van der Waals surface area contributed by atoms with Crippen LogP contribution >= 0.6 is 0 Å². The summed E-state index contributed by atoms with van der Waals surface area (Å²) >= 11 is 0. The minimum atomic E-state index is 0.343. The Bertz CT molecular complexity index is 399. The lowest BCUT2D eigenvalue weighted by Crippen LogP contribution is -2.26. The van der Waals surface area contributed by atoms with Crippen molar-refractivity contribution in [2.24, 2.45) is 5.92 Å². The average Bonchev–Trinajstić information content (AvgIpc) is 3.13. The molecule has 0 amide bonds. The first-order chi connectivity index (χ1) is 8.20. The zero-order chi connectivity index (χ0) is 12.3. The Labute approximate surface area is 102 Å². The number of nitrogens with zero attached hydrogens (tertiary/aromatic N) is 1. The number of ketones is 1. The first-order valence-corrected chi connectivity index (χ1v) is 6.04. The largest absolute Gasteiger partial charge is 0.496 e. The van der Waals surface area contributed by atoms with Gasteiger partial charge in [-0.05, 0) is 26.0 Å². The molecule has 0 saturated heterocycles. The molecule has 0 bridgehead atoms. The van der Waals surface area contributed by atoms with E-state index in [-0.39, 0.29) is 0 Å². The fourth-order valence-corrected chi connectivity index (χ4v) is 1.98. The van der Waals surface area contributed by atoms with Crippen LogP contribution in [-0.2, 0) is 11.3 Å². The molecular formula is C14H19NO2. The summed E-state index contributed by atoms with van der Waals surface area (Å²) in [6, 6.07) is 7.94. The van der Waals surface area contributed by atoms with Gasteiger partial charge in [0.15, 0.2) is 0 Å². The smallest absolute Gasteiger partial charge is 0.149 e. The third-order valence-corrected chi connectivity index (χ3v) is 3.09. The lowest BCUT2D eigenvalue weighted by atomic mass is 10.2.